The number of halogens is 3. The molecule has 1 aliphatic carbocycles. The summed E-state index contributed by atoms with van der Waals surface area (Å²) in [5.41, 5.74) is 1.03. The van der Waals surface area contributed by atoms with Crippen LogP contribution in [0.2, 0.25) is 0 Å². The van der Waals surface area contributed by atoms with E-state index < -0.39 is 11.6 Å². The third-order valence-electron chi connectivity index (χ3n) is 3.56. The third kappa shape index (κ3) is 2.79. The molecular formula is C16H14F3N. The van der Waals surface area contributed by atoms with Gasteiger partial charge in [-0.3, -0.25) is 0 Å². The van der Waals surface area contributed by atoms with Crippen LogP contribution in [-0.4, -0.2) is 0 Å². The van der Waals surface area contributed by atoms with Crippen molar-refractivity contribution in [1.82, 2.24) is 0 Å². The molecule has 0 aliphatic heterocycles. The van der Waals surface area contributed by atoms with Crippen molar-refractivity contribution in [1.29, 1.82) is 0 Å². The number of rotatable bonds is 4. The minimum absolute atomic E-state index is 0.119. The summed E-state index contributed by atoms with van der Waals surface area (Å²) in [7, 11) is 0. The van der Waals surface area contributed by atoms with Crippen LogP contribution in [0.5, 0.6) is 0 Å². The van der Waals surface area contributed by atoms with Gasteiger partial charge < -0.3 is 5.32 Å². The summed E-state index contributed by atoms with van der Waals surface area (Å²) in [6.45, 7) is 0. The Morgan fingerprint density at radius 1 is 0.900 bits per heavy atom. The number of hydrogen-bond acceptors (Lipinski definition) is 1. The van der Waals surface area contributed by atoms with E-state index in [0.717, 1.165) is 36.6 Å². The SMILES string of the molecule is Fc1ccc(C(Nc2cc(F)ccc2F)C2CC2)cc1. The third-order valence-corrected chi connectivity index (χ3v) is 3.56. The Bertz CT molecular complexity index is 606. The highest BCUT2D eigenvalue weighted by Crippen LogP contribution is 2.43. The molecule has 0 bridgehead atoms. The van der Waals surface area contributed by atoms with Crippen LogP contribution in [0.3, 0.4) is 0 Å². The van der Waals surface area contributed by atoms with E-state index >= 15 is 0 Å². The number of nitrogens with one attached hydrogen (secondary N) is 1. The predicted octanol–water partition coefficient (Wildman–Crippen LogP) is 4.67. The lowest BCUT2D eigenvalue weighted by Crippen LogP contribution is -2.14. The molecule has 0 spiro atoms. The van der Waals surface area contributed by atoms with Crippen LogP contribution < -0.4 is 5.32 Å². The Kier molecular flexibility index (Phi) is 3.38. The Balaban J connectivity index is 1.88. The second kappa shape index (κ2) is 5.19. The van der Waals surface area contributed by atoms with E-state index in [1.54, 1.807) is 12.1 Å². The van der Waals surface area contributed by atoms with Gasteiger partial charge in [0.1, 0.15) is 17.5 Å². The van der Waals surface area contributed by atoms with Crippen LogP contribution in [-0.2, 0) is 0 Å². The van der Waals surface area contributed by atoms with Crippen LogP contribution in [0, 0.1) is 23.4 Å². The van der Waals surface area contributed by atoms with Crippen molar-refractivity contribution in [2.75, 3.05) is 5.32 Å². The predicted molar refractivity (Wildman–Crippen MR) is 71.8 cm³/mol. The Morgan fingerprint density at radius 2 is 1.55 bits per heavy atom. The van der Waals surface area contributed by atoms with Gasteiger partial charge in [-0.2, -0.15) is 0 Å². The lowest BCUT2D eigenvalue weighted by atomic mass is 10.0. The summed E-state index contributed by atoms with van der Waals surface area (Å²) in [4.78, 5) is 0. The number of anilines is 1. The molecule has 1 N–H and O–H groups in total. The fourth-order valence-electron chi connectivity index (χ4n) is 2.35. The van der Waals surface area contributed by atoms with Crippen molar-refractivity contribution in [2.24, 2.45) is 5.92 Å². The van der Waals surface area contributed by atoms with E-state index in [0.29, 0.717) is 5.92 Å². The Hall–Kier alpha value is -1.97. The fraction of sp³-hybridized carbons (Fsp3) is 0.250. The highest BCUT2D eigenvalue weighted by Gasteiger charge is 2.32. The maximum Gasteiger partial charge on any atom is 0.146 e. The number of hydrogen-bond donors (Lipinski definition) is 1. The Labute approximate surface area is 115 Å². The molecular weight excluding hydrogens is 263 g/mol. The topological polar surface area (TPSA) is 12.0 Å². The molecule has 0 amide bonds. The Morgan fingerprint density at radius 3 is 2.20 bits per heavy atom. The van der Waals surface area contributed by atoms with E-state index in [1.807, 2.05) is 0 Å². The first-order chi connectivity index (χ1) is 9.63. The van der Waals surface area contributed by atoms with Crippen LogP contribution in [0.1, 0.15) is 24.4 Å². The zero-order valence-electron chi connectivity index (χ0n) is 10.7. The standard InChI is InChI=1S/C16H14F3N/c17-12-5-3-11(4-6-12)16(10-1-2-10)20-15-9-13(18)7-8-14(15)19/h3-10,16,20H,1-2H2. The van der Waals surface area contributed by atoms with E-state index in [2.05, 4.69) is 5.32 Å². The lowest BCUT2D eigenvalue weighted by molar-refractivity contribution is 0.593. The van der Waals surface area contributed by atoms with Crippen molar-refractivity contribution >= 4 is 5.69 Å². The van der Waals surface area contributed by atoms with Gasteiger partial charge in [0.15, 0.2) is 0 Å². The van der Waals surface area contributed by atoms with Gasteiger partial charge in [-0.25, -0.2) is 13.2 Å². The average molecular weight is 277 g/mol. The summed E-state index contributed by atoms with van der Waals surface area (Å²) in [6, 6.07) is 9.35. The molecule has 1 aliphatic rings. The van der Waals surface area contributed by atoms with Crippen molar-refractivity contribution in [3.8, 4) is 0 Å². The first-order valence-electron chi connectivity index (χ1n) is 6.60. The zero-order chi connectivity index (χ0) is 14.1. The minimum Gasteiger partial charge on any atom is -0.376 e. The molecule has 1 atom stereocenters. The van der Waals surface area contributed by atoms with Gasteiger partial charge in [0.25, 0.3) is 0 Å². The molecule has 1 nitrogen and oxygen atoms in total. The molecule has 1 saturated carbocycles. The monoisotopic (exact) mass is 277 g/mol. The minimum atomic E-state index is -0.487. The first kappa shape index (κ1) is 13.0. The van der Waals surface area contributed by atoms with Crippen LogP contribution in [0.4, 0.5) is 18.9 Å². The van der Waals surface area contributed by atoms with Gasteiger partial charge in [-0.05, 0) is 54.7 Å². The smallest absolute Gasteiger partial charge is 0.146 e. The second-order valence-electron chi connectivity index (χ2n) is 5.14. The molecule has 1 fully saturated rings. The van der Waals surface area contributed by atoms with Gasteiger partial charge in [0.2, 0.25) is 0 Å². The average Bonchev–Trinajstić information content (AvgIpc) is 3.25. The maximum atomic E-state index is 13.7. The molecule has 0 heterocycles. The van der Waals surface area contributed by atoms with Gasteiger partial charge in [0.05, 0.1) is 11.7 Å². The van der Waals surface area contributed by atoms with Crippen molar-refractivity contribution in [3.05, 3.63) is 65.5 Å². The van der Waals surface area contributed by atoms with Crippen LogP contribution in [0.15, 0.2) is 42.5 Å². The van der Waals surface area contributed by atoms with Crippen LogP contribution in [0.25, 0.3) is 0 Å². The summed E-state index contributed by atoms with van der Waals surface area (Å²) in [5.74, 6) is -0.898. The second-order valence-corrected chi connectivity index (χ2v) is 5.14. The molecule has 4 heteroatoms. The van der Waals surface area contributed by atoms with Crippen molar-refractivity contribution in [2.45, 2.75) is 18.9 Å². The summed E-state index contributed by atoms with van der Waals surface area (Å²) < 4.78 is 39.9. The van der Waals surface area contributed by atoms with Gasteiger partial charge >= 0.3 is 0 Å². The largest absolute Gasteiger partial charge is 0.376 e. The molecule has 20 heavy (non-hydrogen) atoms. The molecule has 0 saturated heterocycles. The molecule has 0 radical (unpaired) electrons. The highest BCUT2D eigenvalue weighted by atomic mass is 19.1. The molecule has 3 rings (SSSR count). The molecule has 0 aromatic heterocycles. The first-order valence-corrected chi connectivity index (χ1v) is 6.60. The molecule has 2 aromatic carbocycles. The molecule has 2 aromatic rings. The van der Waals surface area contributed by atoms with Crippen LogP contribution >= 0.6 is 0 Å². The normalized spacial score (nSPS) is 15.9. The van der Waals surface area contributed by atoms with E-state index in [-0.39, 0.29) is 17.5 Å². The lowest BCUT2D eigenvalue weighted by Gasteiger charge is -2.20. The number of benzene rings is 2. The van der Waals surface area contributed by atoms with Gasteiger partial charge in [-0.1, -0.05) is 12.1 Å². The summed E-state index contributed by atoms with van der Waals surface area (Å²) in [6.07, 6.45) is 2.07. The van der Waals surface area contributed by atoms with Gasteiger partial charge in [-0.15, -0.1) is 0 Å². The fourth-order valence-corrected chi connectivity index (χ4v) is 2.35. The maximum absolute atomic E-state index is 13.7. The molecule has 1 unspecified atom stereocenters. The quantitative estimate of drug-likeness (QED) is 0.856. The van der Waals surface area contributed by atoms with E-state index in [4.69, 9.17) is 0 Å². The van der Waals surface area contributed by atoms with E-state index in [1.165, 1.54) is 12.1 Å². The highest BCUT2D eigenvalue weighted by molar-refractivity contribution is 5.47. The van der Waals surface area contributed by atoms with Gasteiger partial charge in [0, 0.05) is 0 Å². The van der Waals surface area contributed by atoms with E-state index in [9.17, 15) is 13.2 Å². The van der Waals surface area contributed by atoms with Crippen molar-refractivity contribution in [3.63, 3.8) is 0 Å². The van der Waals surface area contributed by atoms with Crippen molar-refractivity contribution < 1.29 is 13.2 Å². The zero-order valence-corrected chi connectivity index (χ0v) is 10.7. The summed E-state index contributed by atoms with van der Waals surface area (Å²) >= 11 is 0. The summed E-state index contributed by atoms with van der Waals surface area (Å²) in [5, 5.41) is 3.05. The molecule has 104 valence electrons.